The van der Waals surface area contributed by atoms with Gasteiger partial charge in [0.15, 0.2) is 5.96 Å². The van der Waals surface area contributed by atoms with Crippen LogP contribution < -0.4 is 10.6 Å². The third-order valence-electron chi connectivity index (χ3n) is 4.13. The first kappa shape index (κ1) is 16.3. The van der Waals surface area contributed by atoms with Gasteiger partial charge in [-0.3, -0.25) is 0 Å². The van der Waals surface area contributed by atoms with Gasteiger partial charge in [0.05, 0.1) is 17.7 Å². The summed E-state index contributed by atoms with van der Waals surface area (Å²) in [4.78, 5) is 10.2. The highest BCUT2D eigenvalue weighted by Crippen LogP contribution is 2.28. The molecule has 0 atom stereocenters. The predicted octanol–water partition coefficient (Wildman–Crippen LogP) is 3.48. The van der Waals surface area contributed by atoms with Gasteiger partial charge in [0.1, 0.15) is 0 Å². The summed E-state index contributed by atoms with van der Waals surface area (Å²) in [5, 5.41) is 6.77. The largest absolute Gasteiger partial charge is 0.357 e. The van der Waals surface area contributed by atoms with Crippen molar-refractivity contribution in [2.45, 2.75) is 58.9 Å². The van der Waals surface area contributed by atoms with E-state index >= 15 is 0 Å². The molecule has 0 aliphatic heterocycles. The summed E-state index contributed by atoms with van der Waals surface area (Å²) in [6, 6.07) is 0. The van der Waals surface area contributed by atoms with Crippen LogP contribution in [0, 0.1) is 12.8 Å². The van der Waals surface area contributed by atoms with E-state index in [1.807, 2.05) is 12.4 Å². The Morgan fingerprint density at radius 1 is 1.38 bits per heavy atom. The lowest BCUT2D eigenvalue weighted by Crippen LogP contribution is -2.37. The van der Waals surface area contributed by atoms with Crippen molar-refractivity contribution in [2.75, 3.05) is 13.1 Å². The Hall–Kier alpha value is -1.10. The molecule has 0 amide bonds. The second-order valence-corrected chi connectivity index (χ2v) is 6.71. The molecule has 0 unspecified atom stereocenters. The topological polar surface area (TPSA) is 49.3 Å². The molecule has 0 bridgehead atoms. The van der Waals surface area contributed by atoms with Crippen LogP contribution in [-0.2, 0) is 6.54 Å². The number of aromatic nitrogens is 1. The number of nitrogens with zero attached hydrogens (tertiary/aromatic N) is 2. The lowest BCUT2D eigenvalue weighted by molar-refractivity contribution is 0.481. The van der Waals surface area contributed by atoms with Crippen LogP contribution >= 0.6 is 11.3 Å². The molecule has 0 radical (unpaired) electrons. The summed E-state index contributed by atoms with van der Waals surface area (Å²) in [5.74, 6) is 1.91. The zero-order valence-corrected chi connectivity index (χ0v) is 14.1. The molecule has 0 saturated heterocycles. The minimum Gasteiger partial charge on any atom is -0.357 e. The van der Waals surface area contributed by atoms with E-state index in [0.717, 1.165) is 30.7 Å². The van der Waals surface area contributed by atoms with Crippen LogP contribution in [0.5, 0.6) is 0 Å². The van der Waals surface area contributed by atoms with Gasteiger partial charge in [0.2, 0.25) is 0 Å². The fourth-order valence-corrected chi connectivity index (χ4v) is 3.57. The van der Waals surface area contributed by atoms with E-state index < -0.39 is 0 Å². The number of nitrogens with one attached hydrogen (secondary N) is 2. The molecule has 1 saturated carbocycles. The molecule has 4 nitrogen and oxygen atoms in total. The van der Waals surface area contributed by atoms with Crippen LogP contribution in [0.3, 0.4) is 0 Å². The highest BCUT2D eigenvalue weighted by Gasteiger charge is 2.13. The van der Waals surface area contributed by atoms with Crippen molar-refractivity contribution in [3.63, 3.8) is 0 Å². The number of hydrogen-bond donors (Lipinski definition) is 2. The van der Waals surface area contributed by atoms with Gasteiger partial charge in [-0.05, 0) is 32.6 Å². The Balaban J connectivity index is 1.71. The maximum absolute atomic E-state index is 4.65. The second-order valence-electron chi connectivity index (χ2n) is 5.78. The molecule has 21 heavy (non-hydrogen) atoms. The van der Waals surface area contributed by atoms with E-state index in [4.69, 9.17) is 0 Å². The Bertz CT molecular complexity index is 435. The van der Waals surface area contributed by atoms with Crippen molar-refractivity contribution >= 4 is 17.3 Å². The lowest BCUT2D eigenvalue weighted by atomic mass is 10.0. The van der Waals surface area contributed by atoms with E-state index in [2.05, 4.69) is 27.5 Å². The van der Waals surface area contributed by atoms with Crippen molar-refractivity contribution in [1.82, 2.24) is 15.6 Å². The molecule has 1 aliphatic rings. The number of aliphatic imine (C=N–C) groups is 1. The van der Waals surface area contributed by atoms with Crippen molar-refractivity contribution in [3.05, 3.63) is 16.1 Å². The van der Waals surface area contributed by atoms with Crippen molar-refractivity contribution in [1.29, 1.82) is 0 Å². The molecule has 2 rings (SSSR count). The number of aryl methyl sites for hydroxylation is 1. The van der Waals surface area contributed by atoms with Crippen LogP contribution in [0.2, 0.25) is 0 Å². The molecule has 1 aliphatic carbocycles. The molecular formula is C16H28N4S. The van der Waals surface area contributed by atoms with Crippen LogP contribution in [0.25, 0.3) is 0 Å². The Morgan fingerprint density at radius 2 is 2.19 bits per heavy atom. The van der Waals surface area contributed by atoms with Crippen molar-refractivity contribution in [2.24, 2.45) is 10.9 Å². The van der Waals surface area contributed by atoms with Gasteiger partial charge in [0, 0.05) is 18.0 Å². The van der Waals surface area contributed by atoms with Crippen LogP contribution in [0.15, 0.2) is 10.5 Å². The third-order valence-corrected chi connectivity index (χ3v) is 5.05. The van der Waals surface area contributed by atoms with Crippen LogP contribution in [0.4, 0.5) is 0 Å². The molecule has 5 heteroatoms. The van der Waals surface area contributed by atoms with E-state index in [1.54, 1.807) is 11.3 Å². The molecule has 0 aromatic carbocycles. The van der Waals surface area contributed by atoms with Gasteiger partial charge in [-0.1, -0.05) is 25.7 Å². The van der Waals surface area contributed by atoms with Crippen molar-refractivity contribution < 1.29 is 0 Å². The molecule has 2 N–H and O–H groups in total. The number of thiazole rings is 1. The monoisotopic (exact) mass is 308 g/mol. The van der Waals surface area contributed by atoms with E-state index in [9.17, 15) is 0 Å². The summed E-state index contributed by atoms with van der Waals surface area (Å²) >= 11 is 1.68. The highest BCUT2D eigenvalue weighted by molar-refractivity contribution is 7.09. The first-order valence-electron chi connectivity index (χ1n) is 8.20. The molecule has 1 aromatic rings. The van der Waals surface area contributed by atoms with E-state index in [-0.39, 0.29) is 0 Å². The quantitative estimate of drug-likeness (QED) is 0.460. The number of hydrogen-bond acceptors (Lipinski definition) is 3. The Morgan fingerprint density at radius 3 is 2.86 bits per heavy atom. The summed E-state index contributed by atoms with van der Waals surface area (Å²) in [6.07, 6.45) is 8.37. The summed E-state index contributed by atoms with van der Waals surface area (Å²) < 4.78 is 0. The standard InChI is InChI=1S/C16H28N4S/c1-3-17-16(19-11-15-13(2)20-12-21-15)18-10-6-9-14-7-4-5-8-14/h12,14H,3-11H2,1-2H3,(H2,17,18,19). The molecular weight excluding hydrogens is 280 g/mol. The summed E-state index contributed by atoms with van der Waals surface area (Å²) in [5.41, 5.74) is 2.99. The normalized spacial score (nSPS) is 16.4. The van der Waals surface area contributed by atoms with Gasteiger partial charge in [0.25, 0.3) is 0 Å². The third kappa shape index (κ3) is 5.65. The van der Waals surface area contributed by atoms with E-state index in [0.29, 0.717) is 6.54 Å². The van der Waals surface area contributed by atoms with Crippen LogP contribution in [0.1, 0.15) is 56.0 Å². The maximum atomic E-state index is 4.65. The van der Waals surface area contributed by atoms with Crippen LogP contribution in [-0.4, -0.2) is 24.0 Å². The SMILES string of the molecule is CCNC(=NCc1scnc1C)NCCCC1CCCC1. The first-order valence-corrected chi connectivity index (χ1v) is 9.08. The highest BCUT2D eigenvalue weighted by atomic mass is 32.1. The lowest BCUT2D eigenvalue weighted by Gasteiger charge is -2.12. The Labute approximate surface area is 132 Å². The molecule has 0 spiro atoms. The van der Waals surface area contributed by atoms with E-state index in [1.165, 1.54) is 43.4 Å². The second kappa shape index (κ2) is 9.03. The van der Waals surface area contributed by atoms with Gasteiger partial charge in [-0.25, -0.2) is 9.98 Å². The summed E-state index contributed by atoms with van der Waals surface area (Å²) in [7, 11) is 0. The minimum absolute atomic E-state index is 0.717. The zero-order valence-electron chi connectivity index (χ0n) is 13.3. The zero-order chi connectivity index (χ0) is 14.9. The predicted molar refractivity (Wildman–Crippen MR) is 90.9 cm³/mol. The summed E-state index contributed by atoms with van der Waals surface area (Å²) in [6.45, 7) is 6.78. The molecule has 1 heterocycles. The average molecular weight is 308 g/mol. The van der Waals surface area contributed by atoms with Gasteiger partial charge in [-0.15, -0.1) is 11.3 Å². The molecule has 1 fully saturated rings. The first-order chi connectivity index (χ1) is 10.3. The smallest absolute Gasteiger partial charge is 0.191 e. The Kier molecular flexibility index (Phi) is 7.00. The fourth-order valence-electron chi connectivity index (χ4n) is 2.87. The average Bonchev–Trinajstić information content (AvgIpc) is 3.12. The van der Waals surface area contributed by atoms with Gasteiger partial charge >= 0.3 is 0 Å². The number of rotatable bonds is 7. The fraction of sp³-hybridized carbons (Fsp3) is 0.750. The minimum atomic E-state index is 0.717. The molecule has 118 valence electrons. The van der Waals surface area contributed by atoms with Gasteiger partial charge in [-0.2, -0.15) is 0 Å². The molecule has 1 aromatic heterocycles. The maximum Gasteiger partial charge on any atom is 0.191 e. The van der Waals surface area contributed by atoms with Crippen molar-refractivity contribution in [3.8, 4) is 0 Å². The number of guanidine groups is 1. The van der Waals surface area contributed by atoms with Gasteiger partial charge < -0.3 is 10.6 Å².